The Kier molecular flexibility index (Phi) is 5.53. The first kappa shape index (κ1) is 18.2. The van der Waals surface area contributed by atoms with Crippen molar-refractivity contribution in [3.8, 4) is 11.1 Å². The number of aromatic nitrogens is 1. The third kappa shape index (κ3) is 4.06. The smallest absolute Gasteiger partial charge is 0.229 e. The quantitative estimate of drug-likeness (QED) is 0.820. The van der Waals surface area contributed by atoms with Crippen molar-refractivity contribution < 1.29 is 9.53 Å². The first-order valence-corrected chi connectivity index (χ1v) is 10.1. The van der Waals surface area contributed by atoms with Crippen LogP contribution in [0, 0.1) is 5.41 Å². The molecule has 2 aliphatic heterocycles. The molecule has 3 heterocycles. The second kappa shape index (κ2) is 8.22. The van der Waals surface area contributed by atoms with E-state index < -0.39 is 0 Å². The summed E-state index contributed by atoms with van der Waals surface area (Å²) in [4.78, 5) is 19.7. The van der Waals surface area contributed by atoms with Crippen LogP contribution in [0.1, 0.15) is 37.7 Å². The molecule has 1 aromatic heterocycles. The molecule has 4 nitrogen and oxygen atoms in total. The minimum absolute atomic E-state index is 0.313. The van der Waals surface area contributed by atoms with E-state index in [-0.39, 0.29) is 5.41 Å². The highest BCUT2D eigenvalue weighted by Crippen LogP contribution is 2.38. The average molecular weight is 364 g/mol. The Bertz CT molecular complexity index is 763. The first-order chi connectivity index (χ1) is 13.3. The van der Waals surface area contributed by atoms with Gasteiger partial charge in [0.25, 0.3) is 0 Å². The van der Waals surface area contributed by atoms with E-state index in [1.165, 1.54) is 17.5 Å². The number of carbonyl (C=O) groups is 1. The van der Waals surface area contributed by atoms with Gasteiger partial charge >= 0.3 is 0 Å². The van der Waals surface area contributed by atoms with Gasteiger partial charge in [0.05, 0.1) is 5.41 Å². The van der Waals surface area contributed by atoms with Crippen LogP contribution in [-0.2, 0) is 16.0 Å². The summed E-state index contributed by atoms with van der Waals surface area (Å²) in [6, 6.07) is 12.7. The Morgan fingerprint density at radius 2 is 1.74 bits per heavy atom. The summed E-state index contributed by atoms with van der Waals surface area (Å²) < 4.78 is 5.62. The van der Waals surface area contributed by atoms with Crippen molar-refractivity contribution in [2.45, 2.75) is 38.5 Å². The highest BCUT2D eigenvalue weighted by molar-refractivity contribution is 5.83. The van der Waals surface area contributed by atoms with Crippen LogP contribution < -0.4 is 0 Å². The van der Waals surface area contributed by atoms with Crippen LogP contribution in [0.4, 0.5) is 0 Å². The number of ether oxygens (including phenoxy) is 1. The van der Waals surface area contributed by atoms with E-state index >= 15 is 0 Å². The lowest BCUT2D eigenvalue weighted by atomic mass is 9.73. The third-order valence-electron chi connectivity index (χ3n) is 6.03. The van der Waals surface area contributed by atoms with Gasteiger partial charge in [-0.1, -0.05) is 24.3 Å². The fraction of sp³-hybridized carbons (Fsp3) is 0.478. The van der Waals surface area contributed by atoms with E-state index in [9.17, 15) is 4.79 Å². The number of likely N-dealkylation sites (tertiary alicyclic amines) is 1. The zero-order chi connectivity index (χ0) is 18.5. The Morgan fingerprint density at radius 3 is 2.48 bits per heavy atom. The van der Waals surface area contributed by atoms with Crippen molar-refractivity contribution in [1.29, 1.82) is 0 Å². The monoisotopic (exact) mass is 364 g/mol. The molecule has 2 aromatic rings. The maximum atomic E-state index is 13.5. The summed E-state index contributed by atoms with van der Waals surface area (Å²) in [5.74, 6) is 0.347. The maximum Gasteiger partial charge on any atom is 0.229 e. The molecule has 0 bridgehead atoms. The zero-order valence-electron chi connectivity index (χ0n) is 15.9. The minimum Gasteiger partial charge on any atom is -0.381 e. The van der Waals surface area contributed by atoms with Gasteiger partial charge in [0, 0.05) is 38.7 Å². The predicted octanol–water partition coefficient (Wildman–Crippen LogP) is 4.10. The summed E-state index contributed by atoms with van der Waals surface area (Å²) in [7, 11) is 0. The summed E-state index contributed by atoms with van der Waals surface area (Å²) >= 11 is 0. The lowest BCUT2D eigenvalue weighted by molar-refractivity contribution is -0.149. The minimum atomic E-state index is -0.313. The summed E-state index contributed by atoms with van der Waals surface area (Å²) in [5.41, 5.74) is 3.27. The Morgan fingerprint density at radius 1 is 1.00 bits per heavy atom. The fourth-order valence-electron chi connectivity index (χ4n) is 4.46. The molecular weight excluding hydrogens is 336 g/mol. The number of rotatable bonds is 4. The van der Waals surface area contributed by atoms with E-state index in [2.05, 4.69) is 34.1 Å². The highest BCUT2D eigenvalue weighted by atomic mass is 16.5. The summed E-state index contributed by atoms with van der Waals surface area (Å²) in [6.45, 7) is 3.20. The number of piperidine rings is 1. The number of pyridine rings is 1. The van der Waals surface area contributed by atoms with E-state index in [0.717, 1.165) is 50.8 Å². The fourth-order valence-corrected chi connectivity index (χ4v) is 4.46. The first-order valence-electron chi connectivity index (χ1n) is 10.1. The van der Waals surface area contributed by atoms with Crippen LogP contribution in [0.15, 0.2) is 48.8 Å². The van der Waals surface area contributed by atoms with E-state index in [1.807, 2.05) is 24.5 Å². The van der Waals surface area contributed by atoms with Crippen LogP contribution in [0.5, 0.6) is 0 Å². The lowest BCUT2D eigenvalue weighted by Crippen LogP contribution is -2.49. The van der Waals surface area contributed by atoms with Crippen LogP contribution in [0.3, 0.4) is 0 Å². The van der Waals surface area contributed by atoms with Gasteiger partial charge in [-0.25, -0.2) is 0 Å². The molecule has 4 rings (SSSR count). The largest absolute Gasteiger partial charge is 0.381 e. The normalized spacial score (nSPS) is 19.6. The number of nitrogens with zero attached hydrogens (tertiary/aromatic N) is 2. The lowest BCUT2D eigenvalue weighted by Gasteiger charge is -2.41. The van der Waals surface area contributed by atoms with Crippen molar-refractivity contribution in [2.75, 3.05) is 26.3 Å². The molecule has 142 valence electrons. The molecule has 0 radical (unpaired) electrons. The predicted molar refractivity (Wildman–Crippen MR) is 106 cm³/mol. The molecule has 0 unspecified atom stereocenters. The van der Waals surface area contributed by atoms with Crippen LogP contribution in [0.2, 0.25) is 0 Å². The molecule has 0 spiro atoms. The zero-order valence-corrected chi connectivity index (χ0v) is 15.9. The Hall–Kier alpha value is -2.20. The van der Waals surface area contributed by atoms with Gasteiger partial charge in [0.2, 0.25) is 5.91 Å². The molecule has 2 saturated heterocycles. The van der Waals surface area contributed by atoms with Crippen LogP contribution in [-0.4, -0.2) is 42.1 Å². The Labute approximate surface area is 161 Å². The molecule has 1 aromatic carbocycles. The van der Waals surface area contributed by atoms with Crippen molar-refractivity contribution >= 4 is 5.91 Å². The molecule has 1 amide bonds. The second-order valence-corrected chi connectivity index (χ2v) is 7.86. The number of carbonyl (C=O) groups excluding carboxylic acids is 1. The molecule has 27 heavy (non-hydrogen) atoms. The topological polar surface area (TPSA) is 42.4 Å². The number of amides is 1. The molecule has 0 aliphatic carbocycles. The van der Waals surface area contributed by atoms with Crippen LogP contribution in [0.25, 0.3) is 11.1 Å². The SMILES string of the molecule is O=C(N1CCCCC1)C1(Cc2cccc(-c3ccncc3)c2)CCOCC1. The summed E-state index contributed by atoms with van der Waals surface area (Å²) in [5, 5.41) is 0. The number of benzene rings is 1. The standard InChI is InChI=1S/C23H28N2O2/c26-22(25-13-2-1-3-14-25)23(9-15-27-16-10-23)18-19-5-4-6-21(17-19)20-7-11-24-12-8-20/h4-8,11-12,17H,1-3,9-10,13-16,18H2. The Balaban J connectivity index is 1.59. The average Bonchev–Trinajstić information content (AvgIpc) is 2.75. The van der Waals surface area contributed by atoms with Gasteiger partial charge < -0.3 is 9.64 Å². The van der Waals surface area contributed by atoms with Crippen LogP contribution >= 0.6 is 0 Å². The molecular formula is C23H28N2O2. The molecule has 2 fully saturated rings. The molecule has 0 atom stereocenters. The number of hydrogen-bond acceptors (Lipinski definition) is 3. The van der Waals surface area contributed by atoms with E-state index in [4.69, 9.17) is 4.74 Å². The molecule has 2 aliphatic rings. The second-order valence-electron chi connectivity index (χ2n) is 7.86. The summed E-state index contributed by atoms with van der Waals surface area (Å²) in [6.07, 6.45) is 9.59. The van der Waals surface area contributed by atoms with Gasteiger partial charge in [-0.2, -0.15) is 0 Å². The van der Waals surface area contributed by atoms with Gasteiger partial charge in [-0.05, 0) is 67.3 Å². The van der Waals surface area contributed by atoms with Gasteiger partial charge in [0.15, 0.2) is 0 Å². The van der Waals surface area contributed by atoms with E-state index in [0.29, 0.717) is 19.1 Å². The van der Waals surface area contributed by atoms with Gasteiger partial charge in [-0.15, -0.1) is 0 Å². The maximum absolute atomic E-state index is 13.5. The molecule has 0 N–H and O–H groups in total. The molecule has 0 saturated carbocycles. The molecule has 4 heteroatoms. The van der Waals surface area contributed by atoms with Crippen molar-refractivity contribution in [1.82, 2.24) is 9.88 Å². The van der Waals surface area contributed by atoms with E-state index in [1.54, 1.807) is 0 Å². The highest BCUT2D eigenvalue weighted by Gasteiger charge is 2.42. The van der Waals surface area contributed by atoms with Crippen molar-refractivity contribution in [3.63, 3.8) is 0 Å². The van der Waals surface area contributed by atoms with Crippen molar-refractivity contribution in [3.05, 3.63) is 54.4 Å². The third-order valence-corrected chi connectivity index (χ3v) is 6.03. The number of hydrogen-bond donors (Lipinski definition) is 0. The van der Waals surface area contributed by atoms with Gasteiger partial charge in [0.1, 0.15) is 0 Å². The van der Waals surface area contributed by atoms with Crippen molar-refractivity contribution in [2.24, 2.45) is 5.41 Å². The van der Waals surface area contributed by atoms with Gasteiger partial charge in [-0.3, -0.25) is 9.78 Å².